The molecule has 4 aromatic rings. The minimum Gasteiger partial charge on any atom is -0.492 e. The van der Waals surface area contributed by atoms with Gasteiger partial charge in [-0.1, -0.05) is 6.07 Å². The Bertz CT molecular complexity index is 1390. The monoisotopic (exact) mass is 465 g/mol. The molecule has 8 nitrogen and oxygen atoms in total. The summed E-state index contributed by atoms with van der Waals surface area (Å²) in [6.45, 7) is 4.76. The number of thiophene rings is 1. The lowest BCUT2D eigenvalue weighted by Gasteiger charge is -2.10. The Morgan fingerprint density at radius 2 is 2.15 bits per heavy atom. The highest BCUT2D eigenvalue weighted by molar-refractivity contribution is 7.17. The summed E-state index contributed by atoms with van der Waals surface area (Å²) in [4.78, 5) is 20.7. The molecule has 33 heavy (non-hydrogen) atoms. The van der Waals surface area contributed by atoms with Gasteiger partial charge in [-0.2, -0.15) is 5.26 Å². The SMILES string of the molecule is CCOc1cc(-c2cc(NCCn3c(C#N)cc4c(C)ccc(F)c43)ncn2)sc1C(=O)O. The summed E-state index contributed by atoms with van der Waals surface area (Å²) in [5.74, 6) is -0.607. The van der Waals surface area contributed by atoms with E-state index in [2.05, 4.69) is 21.4 Å². The van der Waals surface area contributed by atoms with Crippen LogP contribution in [0.4, 0.5) is 10.2 Å². The number of carbonyl (C=O) groups is 1. The van der Waals surface area contributed by atoms with Gasteiger partial charge in [0.05, 0.1) is 22.7 Å². The average molecular weight is 466 g/mol. The molecule has 0 radical (unpaired) electrons. The van der Waals surface area contributed by atoms with E-state index in [-0.39, 0.29) is 10.7 Å². The van der Waals surface area contributed by atoms with Crippen LogP contribution in [0.2, 0.25) is 0 Å². The molecule has 10 heteroatoms. The smallest absolute Gasteiger partial charge is 0.349 e. The van der Waals surface area contributed by atoms with Gasteiger partial charge >= 0.3 is 5.97 Å². The number of aryl methyl sites for hydroxylation is 1. The first kappa shape index (κ1) is 22.2. The number of nitrogens with zero attached hydrogens (tertiary/aromatic N) is 4. The summed E-state index contributed by atoms with van der Waals surface area (Å²) in [7, 11) is 0. The summed E-state index contributed by atoms with van der Waals surface area (Å²) < 4.78 is 21.6. The summed E-state index contributed by atoms with van der Waals surface area (Å²) >= 11 is 1.08. The first-order chi connectivity index (χ1) is 15.9. The van der Waals surface area contributed by atoms with Gasteiger partial charge in [-0.05, 0) is 31.5 Å². The van der Waals surface area contributed by atoms with Crippen LogP contribution in [0.5, 0.6) is 5.75 Å². The predicted octanol–water partition coefficient (Wildman–Crippen LogP) is 4.69. The maximum absolute atomic E-state index is 14.5. The number of hydrogen-bond donors (Lipinski definition) is 2. The number of nitriles is 1. The molecule has 0 aliphatic carbocycles. The third kappa shape index (κ3) is 4.36. The van der Waals surface area contributed by atoms with Crippen molar-refractivity contribution in [3.63, 3.8) is 0 Å². The van der Waals surface area contributed by atoms with Gasteiger partial charge in [0.15, 0.2) is 4.88 Å². The molecule has 0 aliphatic heterocycles. The molecule has 0 saturated carbocycles. The van der Waals surface area contributed by atoms with Crippen molar-refractivity contribution in [2.24, 2.45) is 0 Å². The van der Waals surface area contributed by atoms with E-state index >= 15 is 0 Å². The van der Waals surface area contributed by atoms with Crippen molar-refractivity contribution in [3.05, 3.63) is 58.6 Å². The van der Waals surface area contributed by atoms with Gasteiger partial charge < -0.3 is 19.7 Å². The van der Waals surface area contributed by atoms with Crippen LogP contribution < -0.4 is 10.1 Å². The number of aromatic carboxylic acids is 1. The first-order valence-corrected chi connectivity index (χ1v) is 11.0. The Balaban J connectivity index is 1.55. The molecular weight excluding hydrogens is 445 g/mol. The second-order valence-electron chi connectivity index (χ2n) is 7.18. The molecule has 4 rings (SSSR count). The zero-order valence-corrected chi connectivity index (χ0v) is 18.7. The zero-order chi connectivity index (χ0) is 23.5. The highest BCUT2D eigenvalue weighted by Crippen LogP contribution is 2.36. The van der Waals surface area contributed by atoms with Crippen molar-refractivity contribution in [1.29, 1.82) is 5.26 Å². The van der Waals surface area contributed by atoms with Crippen LogP contribution in [0, 0.1) is 24.1 Å². The van der Waals surface area contributed by atoms with Crippen LogP contribution in [-0.2, 0) is 6.54 Å². The molecule has 0 spiro atoms. The molecule has 168 valence electrons. The number of aromatic nitrogens is 3. The molecule has 0 saturated heterocycles. The molecule has 2 N–H and O–H groups in total. The van der Waals surface area contributed by atoms with Gasteiger partial charge in [0.1, 0.15) is 35.5 Å². The van der Waals surface area contributed by atoms with Gasteiger partial charge in [-0.25, -0.2) is 19.2 Å². The first-order valence-electron chi connectivity index (χ1n) is 10.2. The maximum atomic E-state index is 14.5. The van der Waals surface area contributed by atoms with Crippen LogP contribution >= 0.6 is 11.3 Å². The number of hydrogen-bond acceptors (Lipinski definition) is 7. The van der Waals surface area contributed by atoms with Crippen LogP contribution in [0.3, 0.4) is 0 Å². The van der Waals surface area contributed by atoms with E-state index in [1.165, 1.54) is 12.4 Å². The van der Waals surface area contributed by atoms with E-state index in [1.54, 1.807) is 35.8 Å². The second kappa shape index (κ2) is 9.26. The normalized spacial score (nSPS) is 10.8. The highest BCUT2D eigenvalue weighted by Gasteiger charge is 2.19. The summed E-state index contributed by atoms with van der Waals surface area (Å²) in [5.41, 5.74) is 2.24. The maximum Gasteiger partial charge on any atom is 0.349 e. The molecule has 0 unspecified atom stereocenters. The Kier molecular flexibility index (Phi) is 6.24. The van der Waals surface area contributed by atoms with Crippen LogP contribution in [-0.4, -0.2) is 38.8 Å². The van der Waals surface area contributed by atoms with Crippen molar-refractivity contribution in [2.75, 3.05) is 18.5 Å². The number of benzene rings is 1. The largest absolute Gasteiger partial charge is 0.492 e. The van der Waals surface area contributed by atoms with E-state index in [9.17, 15) is 19.6 Å². The second-order valence-corrected chi connectivity index (χ2v) is 8.23. The van der Waals surface area contributed by atoms with Gasteiger partial charge in [0, 0.05) is 30.6 Å². The van der Waals surface area contributed by atoms with E-state index in [0.29, 0.717) is 58.4 Å². The Morgan fingerprint density at radius 3 is 2.88 bits per heavy atom. The molecule has 0 fully saturated rings. The number of rotatable bonds is 8. The third-order valence-electron chi connectivity index (χ3n) is 5.10. The lowest BCUT2D eigenvalue weighted by Crippen LogP contribution is -2.13. The molecular formula is C23H20FN5O3S. The van der Waals surface area contributed by atoms with E-state index in [4.69, 9.17) is 4.74 Å². The molecule has 3 heterocycles. The van der Waals surface area contributed by atoms with Crippen LogP contribution in [0.1, 0.15) is 27.9 Å². The van der Waals surface area contributed by atoms with E-state index in [1.807, 2.05) is 6.92 Å². The Labute approximate surface area is 192 Å². The van der Waals surface area contributed by atoms with Gasteiger partial charge in [0.25, 0.3) is 0 Å². The molecule has 1 aromatic carbocycles. The van der Waals surface area contributed by atoms with E-state index in [0.717, 1.165) is 16.9 Å². The van der Waals surface area contributed by atoms with Gasteiger partial charge in [-0.15, -0.1) is 11.3 Å². The molecule has 3 aromatic heterocycles. The van der Waals surface area contributed by atoms with Crippen molar-refractivity contribution in [1.82, 2.24) is 14.5 Å². The fraction of sp³-hybridized carbons (Fsp3) is 0.217. The van der Waals surface area contributed by atoms with Gasteiger partial charge in [-0.3, -0.25) is 0 Å². The number of halogens is 1. The van der Waals surface area contributed by atoms with Crippen molar-refractivity contribution < 1.29 is 19.0 Å². The number of carboxylic acids is 1. The fourth-order valence-corrected chi connectivity index (χ4v) is 4.50. The number of fused-ring (bicyclic) bond motifs is 1. The lowest BCUT2D eigenvalue weighted by atomic mass is 10.1. The predicted molar refractivity (Wildman–Crippen MR) is 123 cm³/mol. The number of nitrogens with one attached hydrogen (secondary N) is 1. The zero-order valence-electron chi connectivity index (χ0n) is 17.9. The Hall–Kier alpha value is -3.97. The number of carboxylic acid groups (broad SMARTS) is 1. The number of anilines is 1. The molecule has 0 aliphatic rings. The summed E-state index contributed by atoms with van der Waals surface area (Å²) in [6.07, 6.45) is 1.38. The highest BCUT2D eigenvalue weighted by atomic mass is 32.1. The fourth-order valence-electron chi connectivity index (χ4n) is 3.60. The van der Waals surface area contributed by atoms with Crippen molar-refractivity contribution in [3.8, 4) is 22.4 Å². The minimum atomic E-state index is -1.06. The Morgan fingerprint density at radius 1 is 1.33 bits per heavy atom. The van der Waals surface area contributed by atoms with E-state index < -0.39 is 5.97 Å². The molecule has 0 bridgehead atoms. The van der Waals surface area contributed by atoms with Crippen molar-refractivity contribution in [2.45, 2.75) is 20.4 Å². The van der Waals surface area contributed by atoms with Crippen LogP contribution in [0.15, 0.2) is 36.7 Å². The van der Waals surface area contributed by atoms with Crippen LogP contribution in [0.25, 0.3) is 21.5 Å². The lowest BCUT2D eigenvalue weighted by molar-refractivity contribution is 0.0698. The molecule has 0 amide bonds. The topological polar surface area (TPSA) is 113 Å². The summed E-state index contributed by atoms with van der Waals surface area (Å²) in [5, 5.41) is 22.8. The summed E-state index contributed by atoms with van der Waals surface area (Å²) in [6, 6.07) is 10.3. The average Bonchev–Trinajstić information content (AvgIpc) is 3.40. The quantitative estimate of drug-likeness (QED) is 0.388. The molecule has 0 atom stereocenters. The standard InChI is InChI=1S/C23H20FN5O3S/c1-3-32-18-10-19(33-22(18)23(30)31)17-9-20(28-12-27-17)26-6-7-29-14(11-25)8-15-13(2)4-5-16(24)21(15)29/h4-5,8-10,12H,3,6-7H2,1-2H3,(H,30,31)(H,26,27,28). The van der Waals surface area contributed by atoms with Gasteiger partial charge in [0.2, 0.25) is 0 Å². The minimum absolute atomic E-state index is 0.112. The number of ether oxygens (including phenoxy) is 1. The van der Waals surface area contributed by atoms with Crippen molar-refractivity contribution >= 4 is 34.0 Å². The third-order valence-corrected chi connectivity index (χ3v) is 6.22.